The molecule has 0 bridgehead atoms. The van der Waals surface area contributed by atoms with Gasteiger partial charge in [-0.25, -0.2) is 23.5 Å². The number of carbonyl (C=O) groups excluding carboxylic acids is 1. The minimum absolute atomic E-state index is 0.0180. The zero-order valence-electron chi connectivity index (χ0n) is 20.1. The first-order chi connectivity index (χ1) is 17.8. The van der Waals surface area contributed by atoms with Crippen LogP contribution in [0.25, 0.3) is 11.3 Å². The lowest BCUT2D eigenvalue weighted by Crippen LogP contribution is -2.42. The number of anilines is 2. The molecule has 1 aliphatic heterocycles. The van der Waals surface area contributed by atoms with Crippen molar-refractivity contribution in [2.75, 3.05) is 50.4 Å². The zero-order valence-corrected chi connectivity index (χ0v) is 20.9. The van der Waals surface area contributed by atoms with E-state index in [4.69, 9.17) is 26.8 Å². The average Bonchev–Trinajstić information content (AvgIpc) is 2.89. The molecule has 1 aromatic heterocycles. The Kier molecular flexibility index (Phi) is 8.70. The van der Waals surface area contributed by atoms with Crippen LogP contribution < -0.4 is 21.1 Å². The molecule has 9 nitrogen and oxygen atoms in total. The van der Waals surface area contributed by atoms with Crippen molar-refractivity contribution >= 4 is 29.1 Å². The summed E-state index contributed by atoms with van der Waals surface area (Å²) in [7, 11) is 0. The van der Waals surface area contributed by atoms with Crippen molar-refractivity contribution in [3.05, 3.63) is 64.8 Å². The highest BCUT2D eigenvalue weighted by molar-refractivity contribution is 6.31. The molecule has 1 saturated heterocycles. The predicted molar refractivity (Wildman–Crippen MR) is 137 cm³/mol. The number of morpholine rings is 1. The van der Waals surface area contributed by atoms with E-state index >= 15 is 0 Å². The molecule has 1 fully saturated rings. The third-order valence-electron chi connectivity index (χ3n) is 5.80. The molecule has 0 radical (unpaired) electrons. The molecule has 4 rings (SSSR count). The van der Waals surface area contributed by atoms with E-state index in [-0.39, 0.29) is 28.3 Å². The van der Waals surface area contributed by atoms with Gasteiger partial charge in [0.2, 0.25) is 0 Å². The minimum Gasteiger partial charge on any atom is -0.467 e. The number of nitrogens with zero attached hydrogens (tertiary/aromatic N) is 3. The summed E-state index contributed by atoms with van der Waals surface area (Å²) >= 11 is 5.94. The van der Waals surface area contributed by atoms with Crippen molar-refractivity contribution in [2.24, 2.45) is 0 Å². The average molecular weight is 533 g/mol. The highest BCUT2D eigenvalue weighted by atomic mass is 35.5. The number of hydrogen-bond donors (Lipinski definition) is 3. The molecule has 196 valence electrons. The van der Waals surface area contributed by atoms with Gasteiger partial charge in [-0.05, 0) is 31.2 Å². The topological polar surface area (TPSA) is 115 Å². The predicted octanol–water partition coefficient (Wildman–Crippen LogP) is 4.25. The summed E-state index contributed by atoms with van der Waals surface area (Å²) in [6.07, 6.45) is 0.479. The van der Waals surface area contributed by atoms with Gasteiger partial charge in [0.15, 0.2) is 5.82 Å². The largest absolute Gasteiger partial charge is 0.467 e. The Morgan fingerprint density at radius 2 is 1.89 bits per heavy atom. The van der Waals surface area contributed by atoms with E-state index in [1.165, 1.54) is 13.1 Å². The van der Waals surface area contributed by atoms with Crippen LogP contribution in [0.4, 0.5) is 25.1 Å². The maximum absolute atomic E-state index is 14.3. The molecular formula is C25H27ClF2N6O3. The van der Waals surface area contributed by atoms with Crippen LogP contribution in [0.1, 0.15) is 18.6 Å². The van der Waals surface area contributed by atoms with Gasteiger partial charge in [-0.15, -0.1) is 0 Å². The van der Waals surface area contributed by atoms with Gasteiger partial charge in [0.05, 0.1) is 30.1 Å². The molecule has 0 saturated carbocycles. The Bertz CT molecular complexity index is 1240. The van der Waals surface area contributed by atoms with Crippen LogP contribution in [0, 0.1) is 11.6 Å². The Morgan fingerprint density at radius 3 is 2.62 bits per heavy atom. The molecule has 2 aromatic carbocycles. The second kappa shape index (κ2) is 12.1. The SMILES string of the molecule is CC(Oc1nc(-c2ccc(NC(=O)NCCN3CCOCC3)cc2)cnc1N)c1c(F)ccc(F)c1Cl. The molecule has 1 unspecified atom stereocenters. The molecule has 4 N–H and O–H groups in total. The fraction of sp³-hybridized carbons (Fsp3) is 0.320. The lowest BCUT2D eigenvalue weighted by Gasteiger charge is -2.26. The first-order valence-electron chi connectivity index (χ1n) is 11.7. The van der Waals surface area contributed by atoms with Crippen molar-refractivity contribution in [3.63, 3.8) is 0 Å². The third kappa shape index (κ3) is 6.82. The molecular weight excluding hydrogens is 506 g/mol. The summed E-state index contributed by atoms with van der Waals surface area (Å²) < 4.78 is 39.1. The smallest absolute Gasteiger partial charge is 0.319 e. The fourth-order valence-electron chi connectivity index (χ4n) is 3.80. The molecule has 3 aromatic rings. The Morgan fingerprint density at radius 1 is 1.19 bits per heavy atom. The summed E-state index contributed by atoms with van der Waals surface area (Å²) in [6, 6.07) is 8.55. The number of halogens is 3. The number of nitrogens with one attached hydrogen (secondary N) is 2. The lowest BCUT2D eigenvalue weighted by molar-refractivity contribution is 0.0388. The van der Waals surface area contributed by atoms with Gasteiger partial charge in [0, 0.05) is 43.0 Å². The highest BCUT2D eigenvalue weighted by Gasteiger charge is 2.21. The zero-order chi connectivity index (χ0) is 26.4. The third-order valence-corrected chi connectivity index (χ3v) is 6.18. The standard InChI is InChI=1S/C25H27ClF2N6O3/c1-15(21-18(27)6-7-19(28)22(21)26)37-24-23(29)31-14-20(33-24)16-2-4-17(5-3-16)32-25(35)30-8-9-34-10-12-36-13-11-34/h2-7,14-15H,8-13H2,1H3,(H2,29,31)(H2,30,32,35). The molecule has 1 aliphatic rings. The Balaban J connectivity index is 1.37. The number of nitrogens with two attached hydrogens (primary N) is 1. The van der Waals surface area contributed by atoms with E-state index < -0.39 is 17.7 Å². The molecule has 12 heteroatoms. The van der Waals surface area contributed by atoms with E-state index in [1.807, 2.05) is 0 Å². The number of hydrogen-bond acceptors (Lipinski definition) is 7. The number of carbonyl (C=O) groups is 1. The number of rotatable bonds is 8. The monoisotopic (exact) mass is 532 g/mol. The molecule has 0 spiro atoms. The molecule has 0 aliphatic carbocycles. The second-order valence-electron chi connectivity index (χ2n) is 8.37. The number of amides is 2. The molecule has 2 heterocycles. The van der Waals surface area contributed by atoms with Crippen LogP contribution in [0.5, 0.6) is 5.88 Å². The number of ether oxygens (including phenoxy) is 2. The van der Waals surface area contributed by atoms with Crippen LogP contribution in [-0.4, -0.2) is 60.3 Å². The van der Waals surface area contributed by atoms with Crippen molar-refractivity contribution in [1.82, 2.24) is 20.2 Å². The quantitative estimate of drug-likeness (QED) is 0.371. The second-order valence-corrected chi connectivity index (χ2v) is 8.75. The lowest BCUT2D eigenvalue weighted by atomic mass is 10.1. The summed E-state index contributed by atoms with van der Waals surface area (Å²) in [5, 5.41) is 5.25. The van der Waals surface area contributed by atoms with Gasteiger partial charge >= 0.3 is 6.03 Å². The Hall–Kier alpha value is -3.54. The fourth-order valence-corrected chi connectivity index (χ4v) is 4.11. The number of urea groups is 1. The number of aromatic nitrogens is 2. The van der Waals surface area contributed by atoms with Gasteiger partial charge < -0.3 is 25.8 Å². The number of nitrogen functional groups attached to an aromatic ring is 1. The maximum atomic E-state index is 14.3. The summed E-state index contributed by atoms with van der Waals surface area (Å²) in [5.41, 5.74) is 7.46. The first-order valence-corrected chi connectivity index (χ1v) is 12.1. The minimum atomic E-state index is -0.983. The van der Waals surface area contributed by atoms with Crippen LogP contribution in [0.15, 0.2) is 42.6 Å². The highest BCUT2D eigenvalue weighted by Crippen LogP contribution is 2.33. The maximum Gasteiger partial charge on any atom is 0.319 e. The molecule has 1 atom stereocenters. The van der Waals surface area contributed by atoms with Gasteiger partial charge in [-0.1, -0.05) is 23.7 Å². The Labute approximate surface area is 217 Å². The summed E-state index contributed by atoms with van der Waals surface area (Å²) in [4.78, 5) is 22.9. The van der Waals surface area contributed by atoms with Crippen molar-refractivity contribution in [1.29, 1.82) is 0 Å². The van der Waals surface area contributed by atoms with Gasteiger partial charge in [0.25, 0.3) is 5.88 Å². The normalized spacial score (nSPS) is 14.7. The van der Waals surface area contributed by atoms with Crippen molar-refractivity contribution in [2.45, 2.75) is 13.0 Å². The van der Waals surface area contributed by atoms with Crippen molar-refractivity contribution < 1.29 is 23.0 Å². The van der Waals surface area contributed by atoms with E-state index in [1.54, 1.807) is 24.3 Å². The van der Waals surface area contributed by atoms with Crippen LogP contribution in [-0.2, 0) is 4.74 Å². The first kappa shape index (κ1) is 26.5. The summed E-state index contributed by atoms with van der Waals surface area (Å²) in [6.45, 7) is 5.93. The van der Waals surface area contributed by atoms with Gasteiger partial charge in [-0.3, -0.25) is 4.90 Å². The molecule has 37 heavy (non-hydrogen) atoms. The van der Waals surface area contributed by atoms with Crippen LogP contribution in [0.3, 0.4) is 0 Å². The van der Waals surface area contributed by atoms with Crippen molar-refractivity contribution in [3.8, 4) is 17.1 Å². The van der Waals surface area contributed by atoms with E-state index in [9.17, 15) is 13.6 Å². The van der Waals surface area contributed by atoms with E-state index in [0.717, 1.165) is 31.8 Å². The van der Waals surface area contributed by atoms with Gasteiger partial charge in [0.1, 0.15) is 17.7 Å². The molecule has 2 amide bonds. The van der Waals surface area contributed by atoms with E-state index in [2.05, 4.69) is 25.5 Å². The van der Waals surface area contributed by atoms with Crippen LogP contribution >= 0.6 is 11.6 Å². The van der Waals surface area contributed by atoms with E-state index in [0.29, 0.717) is 36.7 Å². The van der Waals surface area contributed by atoms with Gasteiger partial charge in [-0.2, -0.15) is 0 Å². The summed E-state index contributed by atoms with van der Waals surface area (Å²) in [5.74, 6) is -1.54. The number of benzene rings is 2. The van der Waals surface area contributed by atoms with Crippen LogP contribution in [0.2, 0.25) is 5.02 Å².